The van der Waals surface area contributed by atoms with Crippen LogP contribution in [0.2, 0.25) is 20.1 Å². The van der Waals surface area contributed by atoms with Crippen LogP contribution in [0.25, 0.3) is 90.9 Å². The number of nitrogens with one attached hydrogen (secondary N) is 2. The number of hydrogen-bond acceptors (Lipinski definition) is 2. The van der Waals surface area contributed by atoms with Crippen molar-refractivity contribution >= 4 is 92.8 Å². The molecule has 5 heterocycles. The average molecular weight is 816 g/mol. The molecule has 9 heteroatoms. The van der Waals surface area contributed by atoms with Crippen LogP contribution in [0.15, 0.2) is 121 Å². The second-order valence-corrected chi connectivity index (χ2v) is 14.1. The number of hydrogen-bond donors (Lipinski definition) is 2. The molecular weight excluding hydrogens is 790 g/mol. The van der Waals surface area contributed by atoms with Crippen molar-refractivity contribution in [1.82, 2.24) is 19.9 Å². The second-order valence-electron chi connectivity index (χ2n) is 12.4. The van der Waals surface area contributed by atoms with E-state index >= 15 is 0 Å². The average Bonchev–Trinajstić information content (AvgIpc) is 3.99. The second kappa shape index (κ2) is 14.5. The number of halogens is 4. The van der Waals surface area contributed by atoms with Gasteiger partial charge in [0.2, 0.25) is 0 Å². The van der Waals surface area contributed by atoms with Crippen molar-refractivity contribution in [3.05, 3.63) is 164 Å². The van der Waals surface area contributed by atoms with E-state index in [0.29, 0.717) is 20.1 Å². The topological polar surface area (TPSA) is 57.4 Å². The summed E-state index contributed by atoms with van der Waals surface area (Å²) < 4.78 is 0. The molecule has 3 aromatic heterocycles. The molecule has 0 unspecified atom stereocenters. The van der Waals surface area contributed by atoms with Gasteiger partial charge < -0.3 is 9.97 Å². The van der Waals surface area contributed by atoms with E-state index in [9.17, 15) is 0 Å². The van der Waals surface area contributed by atoms with Crippen LogP contribution >= 0.6 is 46.4 Å². The van der Waals surface area contributed by atoms with E-state index in [1.807, 2.05) is 121 Å². The minimum Gasteiger partial charge on any atom is -0.354 e. The molecule has 0 atom stereocenters. The van der Waals surface area contributed by atoms with Crippen molar-refractivity contribution in [2.24, 2.45) is 0 Å². The van der Waals surface area contributed by atoms with Crippen molar-refractivity contribution in [2.45, 2.75) is 0 Å². The molecule has 8 bridgehead atoms. The standard InChI is InChI=1S/C44H26Cl4N4.Cu/c45-29-13-5-1-9-25(29)41-33-17-19-35(49-33)42(26-10-2-6-14-30(26)46)37-21-23-39(51-37)44(28-12-4-8-16-32(28)48)40-24-22-38(52-40)43(36-20-18-34(41)50-36)27-11-3-7-15-31(27)47;/h1-24,49,52H;. The zero-order valence-corrected chi connectivity index (χ0v) is 31.5. The summed E-state index contributed by atoms with van der Waals surface area (Å²) in [7, 11) is 0. The number of benzene rings is 4. The van der Waals surface area contributed by atoms with Gasteiger partial charge in [0.15, 0.2) is 0 Å². The van der Waals surface area contributed by atoms with E-state index in [-0.39, 0.29) is 17.1 Å². The van der Waals surface area contributed by atoms with Crippen molar-refractivity contribution in [1.29, 1.82) is 0 Å². The van der Waals surface area contributed by atoms with Gasteiger partial charge in [0.1, 0.15) is 0 Å². The number of H-pyrrole nitrogens is 2. The van der Waals surface area contributed by atoms with Gasteiger partial charge in [-0.05, 0) is 72.8 Å². The van der Waals surface area contributed by atoms with Gasteiger partial charge >= 0.3 is 0 Å². The molecule has 0 saturated heterocycles. The van der Waals surface area contributed by atoms with Gasteiger partial charge in [-0.25, -0.2) is 9.97 Å². The van der Waals surface area contributed by atoms with E-state index in [1.54, 1.807) is 0 Å². The maximum absolute atomic E-state index is 6.92. The van der Waals surface area contributed by atoms with Crippen LogP contribution in [0, 0.1) is 0 Å². The van der Waals surface area contributed by atoms with Gasteiger partial charge in [-0.2, -0.15) is 0 Å². The van der Waals surface area contributed by atoms with Crippen molar-refractivity contribution in [3.63, 3.8) is 0 Å². The van der Waals surface area contributed by atoms with Gasteiger partial charge in [-0.1, -0.05) is 119 Å². The molecular formula is C44H26Cl4CuN4. The molecule has 0 amide bonds. The monoisotopic (exact) mass is 813 g/mol. The van der Waals surface area contributed by atoms with E-state index < -0.39 is 0 Å². The third-order valence-electron chi connectivity index (χ3n) is 9.33. The van der Waals surface area contributed by atoms with Crippen molar-refractivity contribution in [2.75, 3.05) is 0 Å². The number of nitrogens with zero attached hydrogens (tertiary/aromatic N) is 2. The molecule has 9 rings (SSSR count). The first-order valence-corrected chi connectivity index (χ1v) is 18.1. The molecule has 2 aliphatic heterocycles. The zero-order chi connectivity index (χ0) is 35.3. The largest absolute Gasteiger partial charge is 0.354 e. The van der Waals surface area contributed by atoms with Gasteiger partial charge in [0, 0.05) is 104 Å². The predicted octanol–water partition coefficient (Wildman–Crippen LogP) is 13.9. The molecule has 261 valence electrons. The molecule has 0 fully saturated rings. The van der Waals surface area contributed by atoms with Crippen LogP contribution < -0.4 is 0 Å². The molecule has 0 saturated carbocycles. The summed E-state index contributed by atoms with van der Waals surface area (Å²) >= 11 is 27.7. The third-order valence-corrected chi connectivity index (χ3v) is 10.6. The Hall–Kier alpha value is -4.84. The Balaban J connectivity index is 0.00000400. The van der Waals surface area contributed by atoms with Crippen LogP contribution in [0.5, 0.6) is 0 Å². The van der Waals surface area contributed by atoms with Gasteiger partial charge in [0.25, 0.3) is 0 Å². The summed E-state index contributed by atoms with van der Waals surface area (Å²) in [5.41, 5.74) is 13.1. The van der Waals surface area contributed by atoms with E-state index in [0.717, 1.165) is 89.4 Å². The molecule has 2 N–H and O–H groups in total. The summed E-state index contributed by atoms with van der Waals surface area (Å²) in [6.45, 7) is 0. The van der Waals surface area contributed by atoms with E-state index in [2.05, 4.69) is 34.2 Å². The molecule has 0 spiro atoms. The molecule has 2 aliphatic rings. The van der Waals surface area contributed by atoms with Crippen LogP contribution in [0.3, 0.4) is 0 Å². The first-order chi connectivity index (χ1) is 25.4. The van der Waals surface area contributed by atoms with E-state index in [1.165, 1.54) is 0 Å². The van der Waals surface area contributed by atoms with Crippen molar-refractivity contribution in [3.8, 4) is 44.5 Å². The Morgan fingerprint density at radius 2 is 0.547 bits per heavy atom. The van der Waals surface area contributed by atoms with Crippen LogP contribution in [-0.2, 0) is 17.1 Å². The maximum Gasteiger partial charge on any atom is 0.0737 e. The molecule has 7 aromatic rings. The van der Waals surface area contributed by atoms with Crippen molar-refractivity contribution < 1.29 is 17.1 Å². The van der Waals surface area contributed by atoms with Crippen LogP contribution in [0.1, 0.15) is 22.8 Å². The fraction of sp³-hybridized carbons (Fsp3) is 0. The summed E-state index contributed by atoms with van der Waals surface area (Å²) in [4.78, 5) is 18.0. The molecule has 53 heavy (non-hydrogen) atoms. The normalized spacial score (nSPS) is 11.8. The summed E-state index contributed by atoms with van der Waals surface area (Å²) in [5.74, 6) is 0. The smallest absolute Gasteiger partial charge is 0.0737 e. The Morgan fingerprint density at radius 3 is 0.774 bits per heavy atom. The number of rotatable bonds is 4. The summed E-state index contributed by atoms with van der Waals surface area (Å²) in [6, 6.07) is 39.4. The van der Waals surface area contributed by atoms with Crippen LogP contribution in [0.4, 0.5) is 0 Å². The summed E-state index contributed by atoms with van der Waals surface area (Å²) in [6.07, 6.45) is 8.10. The number of aromatic nitrogens is 4. The van der Waals surface area contributed by atoms with Gasteiger partial charge in [0.05, 0.1) is 22.8 Å². The summed E-state index contributed by atoms with van der Waals surface area (Å²) in [5, 5.41) is 2.43. The number of aromatic amines is 2. The van der Waals surface area contributed by atoms with Gasteiger partial charge in [-0.3, -0.25) is 0 Å². The third kappa shape index (κ3) is 6.34. The first-order valence-electron chi connectivity index (χ1n) is 16.6. The van der Waals surface area contributed by atoms with E-state index in [4.69, 9.17) is 56.4 Å². The SMILES string of the molecule is Clc1ccccc1-c1c2nc(c(-c3ccccc3Cl)c3ccc([nH]3)c(-c3ccccc3Cl)c3nc(c(-c4ccccc4Cl)c4ccc1[nH]4)C=C3)C=C2.[Cu]. The quantitative estimate of drug-likeness (QED) is 0.174. The molecule has 0 aliphatic carbocycles. The van der Waals surface area contributed by atoms with Gasteiger partial charge in [-0.15, -0.1) is 0 Å². The Labute approximate surface area is 336 Å². The minimum absolute atomic E-state index is 0. The zero-order valence-electron chi connectivity index (χ0n) is 27.6. The Kier molecular flexibility index (Phi) is 9.65. The fourth-order valence-electron chi connectivity index (χ4n) is 6.99. The van der Waals surface area contributed by atoms with Crippen LogP contribution in [-0.4, -0.2) is 19.9 Å². The predicted molar refractivity (Wildman–Crippen MR) is 221 cm³/mol. The molecule has 4 aromatic carbocycles. The minimum atomic E-state index is 0. The number of fused-ring (bicyclic) bond motifs is 8. The molecule has 4 nitrogen and oxygen atoms in total. The fourth-order valence-corrected chi connectivity index (χ4v) is 7.92. The maximum atomic E-state index is 6.92. The Morgan fingerprint density at radius 1 is 0.321 bits per heavy atom. The molecule has 1 radical (unpaired) electrons. The first kappa shape index (κ1) is 35.2. The Bertz CT molecular complexity index is 2440.